The average molecular weight is 388 g/mol. The Labute approximate surface area is 165 Å². The molecule has 1 atom stereocenters. The van der Waals surface area contributed by atoms with Crippen LogP contribution in [0, 0.1) is 0 Å². The Bertz CT molecular complexity index is 707. The van der Waals surface area contributed by atoms with Gasteiger partial charge in [0, 0.05) is 44.7 Å². The van der Waals surface area contributed by atoms with Crippen LogP contribution in [0.3, 0.4) is 0 Å². The van der Waals surface area contributed by atoms with Crippen molar-refractivity contribution in [2.45, 2.75) is 38.6 Å². The van der Waals surface area contributed by atoms with Crippen LogP contribution in [0.15, 0.2) is 24.3 Å². The standard InChI is InChI=1S/C20H28N4O4/c1-2-28-17-8-6-16(7-9-17)24-14-15(13-19(24)26)22-20(27)21-10-4-12-23-11-3-5-18(23)25/h6-9,15H,2-5,10-14H2,1H3,(H2,21,22,27). The van der Waals surface area contributed by atoms with Gasteiger partial charge in [0.2, 0.25) is 11.8 Å². The number of benzene rings is 1. The normalized spacial score (nSPS) is 19.2. The highest BCUT2D eigenvalue weighted by atomic mass is 16.5. The molecule has 0 saturated carbocycles. The highest BCUT2D eigenvalue weighted by Crippen LogP contribution is 2.24. The fourth-order valence-corrected chi connectivity index (χ4v) is 3.59. The molecular formula is C20H28N4O4. The minimum absolute atomic E-state index is 0.0120. The molecule has 2 heterocycles. The van der Waals surface area contributed by atoms with Crippen molar-refractivity contribution >= 4 is 23.5 Å². The van der Waals surface area contributed by atoms with Crippen LogP contribution in [0.2, 0.25) is 0 Å². The van der Waals surface area contributed by atoms with E-state index in [1.807, 2.05) is 36.1 Å². The van der Waals surface area contributed by atoms with E-state index in [0.29, 0.717) is 32.7 Å². The van der Waals surface area contributed by atoms with Crippen molar-refractivity contribution in [2.24, 2.45) is 0 Å². The van der Waals surface area contributed by atoms with Gasteiger partial charge < -0.3 is 25.2 Å². The maximum absolute atomic E-state index is 12.3. The van der Waals surface area contributed by atoms with Gasteiger partial charge >= 0.3 is 6.03 Å². The summed E-state index contributed by atoms with van der Waals surface area (Å²) in [5, 5.41) is 5.67. The van der Waals surface area contributed by atoms with Gasteiger partial charge in [0.1, 0.15) is 5.75 Å². The number of hydrogen-bond donors (Lipinski definition) is 2. The number of urea groups is 1. The molecule has 1 aromatic rings. The molecule has 0 aliphatic carbocycles. The summed E-state index contributed by atoms with van der Waals surface area (Å²) in [6.45, 7) is 4.95. The zero-order chi connectivity index (χ0) is 19.9. The van der Waals surface area contributed by atoms with Crippen LogP contribution in [-0.4, -0.2) is 61.6 Å². The van der Waals surface area contributed by atoms with E-state index in [-0.39, 0.29) is 30.3 Å². The number of anilines is 1. The summed E-state index contributed by atoms with van der Waals surface area (Å²) >= 11 is 0. The lowest BCUT2D eigenvalue weighted by molar-refractivity contribution is -0.127. The topological polar surface area (TPSA) is 91.0 Å². The number of carbonyl (C=O) groups is 3. The van der Waals surface area contributed by atoms with Crippen molar-refractivity contribution in [2.75, 3.05) is 37.7 Å². The van der Waals surface area contributed by atoms with E-state index in [0.717, 1.165) is 30.8 Å². The predicted molar refractivity (Wildman–Crippen MR) is 105 cm³/mol. The van der Waals surface area contributed by atoms with Crippen molar-refractivity contribution in [1.82, 2.24) is 15.5 Å². The monoisotopic (exact) mass is 388 g/mol. The minimum atomic E-state index is -0.279. The van der Waals surface area contributed by atoms with E-state index < -0.39 is 0 Å². The summed E-state index contributed by atoms with van der Waals surface area (Å²) in [4.78, 5) is 39.4. The molecule has 0 spiro atoms. The molecule has 3 rings (SSSR count). The molecule has 4 amide bonds. The molecular weight excluding hydrogens is 360 g/mol. The van der Waals surface area contributed by atoms with E-state index in [1.54, 1.807) is 4.90 Å². The molecule has 8 nitrogen and oxygen atoms in total. The molecule has 2 N–H and O–H groups in total. The van der Waals surface area contributed by atoms with E-state index in [4.69, 9.17) is 4.74 Å². The Balaban J connectivity index is 1.39. The summed E-state index contributed by atoms with van der Waals surface area (Å²) in [6, 6.07) is 6.88. The van der Waals surface area contributed by atoms with Crippen molar-refractivity contribution in [1.29, 1.82) is 0 Å². The number of nitrogens with zero attached hydrogens (tertiary/aromatic N) is 2. The number of nitrogens with one attached hydrogen (secondary N) is 2. The van der Waals surface area contributed by atoms with E-state index >= 15 is 0 Å². The van der Waals surface area contributed by atoms with Crippen LogP contribution in [0.4, 0.5) is 10.5 Å². The predicted octanol–water partition coefficient (Wildman–Crippen LogP) is 1.50. The highest BCUT2D eigenvalue weighted by molar-refractivity contribution is 5.96. The Morgan fingerprint density at radius 1 is 1.21 bits per heavy atom. The zero-order valence-electron chi connectivity index (χ0n) is 16.3. The first-order valence-electron chi connectivity index (χ1n) is 9.92. The molecule has 0 radical (unpaired) electrons. The Morgan fingerprint density at radius 3 is 2.68 bits per heavy atom. The molecule has 152 valence electrons. The van der Waals surface area contributed by atoms with E-state index in [9.17, 15) is 14.4 Å². The van der Waals surface area contributed by atoms with E-state index in [2.05, 4.69) is 10.6 Å². The van der Waals surface area contributed by atoms with Crippen molar-refractivity contribution in [3.8, 4) is 5.75 Å². The third-order valence-corrected chi connectivity index (χ3v) is 4.98. The number of likely N-dealkylation sites (tertiary alicyclic amines) is 1. The van der Waals surface area contributed by atoms with Crippen molar-refractivity contribution in [3.63, 3.8) is 0 Å². The fourth-order valence-electron chi connectivity index (χ4n) is 3.59. The molecule has 8 heteroatoms. The summed E-state index contributed by atoms with van der Waals surface area (Å²) < 4.78 is 5.42. The van der Waals surface area contributed by atoms with Gasteiger partial charge in [-0.1, -0.05) is 0 Å². The lowest BCUT2D eigenvalue weighted by Gasteiger charge is -2.18. The molecule has 1 unspecified atom stereocenters. The van der Waals surface area contributed by atoms with Gasteiger partial charge in [0.25, 0.3) is 0 Å². The fraction of sp³-hybridized carbons (Fsp3) is 0.550. The van der Waals surface area contributed by atoms with Crippen LogP contribution in [0.1, 0.15) is 32.6 Å². The summed E-state index contributed by atoms with van der Waals surface area (Å²) in [7, 11) is 0. The quantitative estimate of drug-likeness (QED) is 0.661. The van der Waals surface area contributed by atoms with Crippen LogP contribution >= 0.6 is 0 Å². The lowest BCUT2D eigenvalue weighted by atomic mass is 10.2. The number of hydrogen-bond acceptors (Lipinski definition) is 4. The van der Waals surface area contributed by atoms with Crippen molar-refractivity contribution < 1.29 is 19.1 Å². The second kappa shape index (κ2) is 9.43. The van der Waals surface area contributed by atoms with Gasteiger partial charge in [-0.2, -0.15) is 0 Å². The third kappa shape index (κ3) is 5.15. The molecule has 0 bridgehead atoms. The Hall–Kier alpha value is -2.77. The first-order valence-corrected chi connectivity index (χ1v) is 9.92. The molecule has 2 saturated heterocycles. The van der Waals surface area contributed by atoms with Gasteiger partial charge in [-0.25, -0.2) is 4.79 Å². The summed E-state index contributed by atoms with van der Waals surface area (Å²) in [5.74, 6) is 0.952. The summed E-state index contributed by atoms with van der Waals surface area (Å²) in [6.07, 6.45) is 2.56. The second-order valence-electron chi connectivity index (χ2n) is 7.07. The van der Waals surface area contributed by atoms with Crippen molar-refractivity contribution in [3.05, 3.63) is 24.3 Å². The largest absolute Gasteiger partial charge is 0.494 e. The van der Waals surface area contributed by atoms with Gasteiger partial charge in [-0.05, 0) is 44.0 Å². The second-order valence-corrected chi connectivity index (χ2v) is 7.07. The van der Waals surface area contributed by atoms with Crippen LogP contribution in [0.5, 0.6) is 5.75 Å². The molecule has 2 aliphatic heterocycles. The third-order valence-electron chi connectivity index (χ3n) is 4.98. The lowest BCUT2D eigenvalue weighted by Crippen LogP contribution is -2.44. The summed E-state index contributed by atoms with van der Waals surface area (Å²) in [5.41, 5.74) is 0.799. The zero-order valence-corrected chi connectivity index (χ0v) is 16.3. The molecule has 2 fully saturated rings. The number of carbonyl (C=O) groups excluding carboxylic acids is 3. The van der Waals surface area contributed by atoms with Gasteiger partial charge in [0.15, 0.2) is 0 Å². The Morgan fingerprint density at radius 2 is 2.00 bits per heavy atom. The number of amides is 4. The van der Waals surface area contributed by atoms with Gasteiger partial charge in [-0.3, -0.25) is 9.59 Å². The molecule has 2 aliphatic rings. The van der Waals surface area contributed by atoms with Crippen LogP contribution in [0.25, 0.3) is 0 Å². The maximum Gasteiger partial charge on any atom is 0.315 e. The van der Waals surface area contributed by atoms with Gasteiger partial charge in [0.05, 0.1) is 12.6 Å². The minimum Gasteiger partial charge on any atom is -0.494 e. The highest BCUT2D eigenvalue weighted by Gasteiger charge is 2.31. The maximum atomic E-state index is 12.3. The number of rotatable bonds is 8. The van der Waals surface area contributed by atoms with Gasteiger partial charge in [-0.15, -0.1) is 0 Å². The van der Waals surface area contributed by atoms with Crippen LogP contribution in [-0.2, 0) is 9.59 Å². The molecule has 1 aromatic carbocycles. The molecule has 28 heavy (non-hydrogen) atoms. The Kier molecular flexibility index (Phi) is 6.73. The van der Waals surface area contributed by atoms with E-state index in [1.165, 1.54) is 0 Å². The first kappa shape index (κ1) is 20.0. The van der Waals surface area contributed by atoms with Crippen LogP contribution < -0.4 is 20.3 Å². The molecule has 0 aromatic heterocycles. The number of ether oxygens (including phenoxy) is 1. The first-order chi connectivity index (χ1) is 13.6. The SMILES string of the molecule is CCOc1ccc(N2CC(NC(=O)NCCCN3CCCC3=O)CC2=O)cc1. The smallest absolute Gasteiger partial charge is 0.315 e. The average Bonchev–Trinajstić information content (AvgIpc) is 3.25.